The second-order valence-corrected chi connectivity index (χ2v) is 5.93. The number of aromatic nitrogens is 1. The maximum Gasteiger partial charge on any atom is 0.263 e. The van der Waals surface area contributed by atoms with Crippen LogP contribution in [0, 0.1) is 12.8 Å². The Kier molecular flexibility index (Phi) is 4.72. The highest BCUT2D eigenvalue weighted by molar-refractivity contribution is 7.11. The number of carbonyl (C=O) groups excluding carboxylic acids is 1. The molecule has 1 aliphatic heterocycles. The summed E-state index contributed by atoms with van der Waals surface area (Å²) in [5, 5.41) is 2.98. The average molecular weight is 267 g/mol. The molecule has 1 amide bonds. The molecule has 4 nitrogen and oxygen atoms in total. The smallest absolute Gasteiger partial charge is 0.263 e. The van der Waals surface area contributed by atoms with Crippen LogP contribution in [0.3, 0.4) is 0 Å². The van der Waals surface area contributed by atoms with Gasteiger partial charge in [0, 0.05) is 19.6 Å². The minimum absolute atomic E-state index is 0.0139. The fourth-order valence-corrected chi connectivity index (χ4v) is 3.14. The molecule has 100 valence electrons. The van der Waals surface area contributed by atoms with Crippen molar-refractivity contribution in [3.05, 3.63) is 16.1 Å². The first kappa shape index (κ1) is 13.5. The highest BCUT2D eigenvalue weighted by Crippen LogP contribution is 2.15. The molecule has 0 bridgehead atoms. The highest BCUT2D eigenvalue weighted by Gasteiger charge is 2.16. The van der Waals surface area contributed by atoms with Gasteiger partial charge in [0.2, 0.25) is 0 Å². The molecule has 1 aromatic rings. The molecule has 0 spiro atoms. The third kappa shape index (κ3) is 3.53. The van der Waals surface area contributed by atoms with Crippen molar-refractivity contribution in [2.24, 2.45) is 5.92 Å². The Morgan fingerprint density at radius 3 is 3.17 bits per heavy atom. The molecule has 1 unspecified atom stereocenters. The van der Waals surface area contributed by atoms with Crippen molar-refractivity contribution < 1.29 is 4.79 Å². The Hall–Kier alpha value is -0.940. The normalized spacial score (nSPS) is 20.9. The quantitative estimate of drug-likeness (QED) is 0.906. The Labute approximate surface area is 112 Å². The first-order valence-corrected chi connectivity index (χ1v) is 7.45. The van der Waals surface area contributed by atoms with Gasteiger partial charge in [-0.15, -0.1) is 11.3 Å². The van der Waals surface area contributed by atoms with Gasteiger partial charge in [0.25, 0.3) is 5.91 Å². The van der Waals surface area contributed by atoms with E-state index in [0.717, 1.165) is 36.1 Å². The molecule has 1 saturated heterocycles. The number of nitrogens with one attached hydrogen (secondary N) is 1. The largest absolute Gasteiger partial charge is 0.350 e. The molecule has 18 heavy (non-hydrogen) atoms. The van der Waals surface area contributed by atoms with Crippen LogP contribution in [-0.2, 0) is 0 Å². The van der Waals surface area contributed by atoms with Crippen LogP contribution in [0.5, 0.6) is 0 Å². The number of rotatable bonds is 4. The molecular weight excluding hydrogens is 246 g/mol. The van der Waals surface area contributed by atoms with Crippen LogP contribution in [0.15, 0.2) is 5.51 Å². The van der Waals surface area contributed by atoms with Crippen LogP contribution in [-0.4, -0.2) is 42.0 Å². The van der Waals surface area contributed by atoms with Crippen molar-refractivity contribution in [3.63, 3.8) is 0 Å². The van der Waals surface area contributed by atoms with Crippen molar-refractivity contribution in [1.82, 2.24) is 15.2 Å². The molecule has 2 heterocycles. The van der Waals surface area contributed by atoms with Crippen molar-refractivity contribution in [2.75, 3.05) is 26.2 Å². The topological polar surface area (TPSA) is 45.2 Å². The van der Waals surface area contributed by atoms with E-state index in [1.54, 1.807) is 5.51 Å². The lowest BCUT2D eigenvalue weighted by atomic mass is 10.0. The van der Waals surface area contributed by atoms with E-state index in [4.69, 9.17) is 0 Å². The number of piperidine rings is 1. The van der Waals surface area contributed by atoms with Gasteiger partial charge < -0.3 is 10.2 Å². The van der Waals surface area contributed by atoms with Crippen molar-refractivity contribution in [3.8, 4) is 0 Å². The molecule has 1 N–H and O–H groups in total. The van der Waals surface area contributed by atoms with Gasteiger partial charge in [-0.25, -0.2) is 4.98 Å². The SMILES string of the molecule is Cc1ncsc1C(=O)NCCN1CCCC(C)C1. The van der Waals surface area contributed by atoms with E-state index in [1.165, 1.54) is 30.7 Å². The monoisotopic (exact) mass is 267 g/mol. The first-order valence-electron chi connectivity index (χ1n) is 6.57. The maximum atomic E-state index is 11.9. The standard InChI is InChI=1S/C13H21N3OS/c1-10-4-3-6-16(8-10)7-5-14-13(17)12-11(2)15-9-18-12/h9-10H,3-8H2,1-2H3,(H,14,17). The molecule has 2 rings (SSSR count). The summed E-state index contributed by atoms with van der Waals surface area (Å²) in [6, 6.07) is 0. The summed E-state index contributed by atoms with van der Waals surface area (Å²) in [4.78, 5) is 19.1. The van der Waals surface area contributed by atoms with E-state index in [0.29, 0.717) is 0 Å². The van der Waals surface area contributed by atoms with E-state index in [1.807, 2.05) is 6.92 Å². The fraction of sp³-hybridized carbons (Fsp3) is 0.692. The van der Waals surface area contributed by atoms with Crippen molar-refractivity contribution in [1.29, 1.82) is 0 Å². The molecule has 0 saturated carbocycles. The molecular formula is C13H21N3OS. The van der Waals surface area contributed by atoms with Gasteiger partial charge in [-0.3, -0.25) is 4.79 Å². The summed E-state index contributed by atoms with van der Waals surface area (Å²) in [7, 11) is 0. The summed E-state index contributed by atoms with van der Waals surface area (Å²) in [5.41, 5.74) is 2.54. The van der Waals surface area contributed by atoms with E-state index in [9.17, 15) is 4.79 Å². The van der Waals surface area contributed by atoms with E-state index >= 15 is 0 Å². The molecule has 1 aromatic heterocycles. The third-order valence-corrected chi connectivity index (χ3v) is 4.33. The van der Waals surface area contributed by atoms with Gasteiger partial charge in [0.15, 0.2) is 0 Å². The summed E-state index contributed by atoms with van der Waals surface area (Å²) in [5.74, 6) is 0.804. The maximum absolute atomic E-state index is 11.9. The molecule has 1 atom stereocenters. The number of nitrogens with zero attached hydrogens (tertiary/aromatic N) is 2. The number of carbonyl (C=O) groups is 1. The Balaban J connectivity index is 1.72. The van der Waals surface area contributed by atoms with Crippen LogP contribution in [0.2, 0.25) is 0 Å². The molecule has 1 aliphatic rings. The third-order valence-electron chi connectivity index (χ3n) is 3.41. The Morgan fingerprint density at radius 1 is 1.67 bits per heavy atom. The van der Waals surface area contributed by atoms with Gasteiger partial charge in [0.05, 0.1) is 11.2 Å². The molecule has 1 fully saturated rings. The van der Waals surface area contributed by atoms with Crippen molar-refractivity contribution in [2.45, 2.75) is 26.7 Å². The number of amides is 1. The molecule has 0 aromatic carbocycles. The second-order valence-electron chi connectivity index (χ2n) is 5.07. The van der Waals surface area contributed by atoms with Crippen molar-refractivity contribution >= 4 is 17.2 Å². The van der Waals surface area contributed by atoms with Crippen LogP contribution in [0.25, 0.3) is 0 Å². The van der Waals surface area contributed by atoms with E-state index in [-0.39, 0.29) is 5.91 Å². The van der Waals surface area contributed by atoms with Crippen LogP contribution < -0.4 is 5.32 Å². The van der Waals surface area contributed by atoms with Crippen LogP contribution in [0.1, 0.15) is 35.1 Å². The van der Waals surface area contributed by atoms with Gasteiger partial charge in [-0.2, -0.15) is 0 Å². The average Bonchev–Trinajstić information content (AvgIpc) is 2.75. The summed E-state index contributed by atoms with van der Waals surface area (Å²) in [6.45, 7) is 8.18. The lowest BCUT2D eigenvalue weighted by molar-refractivity contribution is 0.0947. The lowest BCUT2D eigenvalue weighted by Gasteiger charge is -2.30. The number of hydrogen-bond acceptors (Lipinski definition) is 4. The molecule has 5 heteroatoms. The molecule has 0 aliphatic carbocycles. The van der Waals surface area contributed by atoms with Gasteiger partial charge >= 0.3 is 0 Å². The number of aryl methyl sites for hydroxylation is 1. The predicted octanol–water partition coefficient (Wildman–Crippen LogP) is 1.91. The number of likely N-dealkylation sites (tertiary alicyclic amines) is 1. The molecule has 0 radical (unpaired) electrons. The Morgan fingerprint density at radius 2 is 2.50 bits per heavy atom. The minimum Gasteiger partial charge on any atom is -0.350 e. The fourth-order valence-electron chi connectivity index (χ4n) is 2.42. The lowest BCUT2D eigenvalue weighted by Crippen LogP contribution is -2.40. The van der Waals surface area contributed by atoms with Gasteiger partial charge in [-0.05, 0) is 32.2 Å². The van der Waals surface area contributed by atoms with E-state index < -0.39 is 0 Å². The van der Waals surface area contributed by atoms with E-state index in [2.05, 4.69) is 22.1 Å². The van der Waals surface area contributed by atoms with Crippen LogP contribution in [0.4, 0.5) is 0 Å². The van der Waals surface area contributed by atoms with Gasteiger partial charge in [0.1, 0.15) is 4.88 Å². The highest BCUT2D eigenvalue weighted by atomic mass is 32.1. The zero-order valence-electron chi connectivity index (χ0n) is 11.1. The predicted molar refractivity (Wildman–Crippen MR) is 74.0 cm³/mol. The zero-order chi connectivity index (χ0) is 13.0. The number of thiazole rings is 1. The minimum atomic E-state index is 0.0139. The summed E-state index contributed by atoms with van der Waals surface area (Å²) < 4.78 is 0. The zero-order valence-corrected chi connectivity index (χ0v) is 11.9. The summed E-state index contributed by atoms with van der Waals surface area (Å²) in [6.07, 6.45) is 2.62. The summed E-state index contributed by atoms with van der Waals surface area (Å²) >= 11 is 1.41. The van der Waals surface area contributed by atoms with Gasteiger partial charge in [-0.1, -0.05) is 6.92 Å². The van der Waals surface area contributed by atoms with Crippen LogP contribution >= 0.6 is 11.3 Å². The Bertz CT molecular complexity index is 405. The number of hydrogen-bond donors (Lipinski definition) is 1. The first-order chi connectivity index (χ1) is 8.66. The second kappa shape index (κ2) is 6.29.